The fourth-order valence-electron chi connectivity index (χ4n) is 4.42. The van der Waals surface area contributed by atoms with Gasteiger partial charge < -0.3 is 10.1 Å². The maximum Gasteiger partial charge on any atom is 0.249 e. The topological polar surface area (TPSA) is 89.4 Å². The lowest BCUT2D eigenvalue weighted by atomic mass is 9.98. The summed E-state index contributed by atoms with van der Waals surface area (Å²) < 4.78 is 7.20. The molecule has 0 aliphatic heterocycles. The Balaban J connectivity index is 1.85. The predicted molar refractivity (Wildman–Crippen MR) is 149 cm³/mol. The Morgan fingerprint density at radius 3 is 2.39 bits per heavy atom. The normalized spacial score (nSPS) is 12.3. The molecule has 1 N–H and O–H groups in total. The molecule has 0 unspecified atom stereocenters. The highest BCUT2D eigenvalue weighted by molar-refractivity contribution is 6.02. The van der Waals surface area contributed by atoms with Gasteiger partial charge in [0.25, 0.3) is 0 Å². The van der Waals surface area contributed by atoms with Crippen LogP contribution < -0.4 is 15.0 Å². The zero-order valence-corrected chi connectivity index (χ0v) is 22.9. The molecule has 8 heteroatoms. The van der Waals surface area contributed by atoms with Crippen molar-refractivity contribution in [2.45, 2.75) is 59.7 Å². The maximum atomic E-state index is 14.2. The first-order chi connectivity index (χ1) is 18.1. The average molecular weight is 514 g/mol. The highest BCUT2D eigenvalue weighted by Crippen LogP contribution is 2.33. The number of fused-ring (bicyclic) bond motifs is 1. The molecule has 1 aromatic heterocycles. The van der Waals surface area contributed by atoms with E-state index < -0.39 is 11.6 Å². The third kappa shape index (κ3) is 5.85. The van der Waals surface area contributed by atoms with Crippen molar-refractivity contribution in [3.05, 3.63) is 83.4 Å². The van der Waals surface area contributed by atoms with Crippen LogP contribution >= 0.6 is 0 Å². The van der Waals surface area contributed by atoms with Crippen LogP contribution in [0.2, 0.25) is 0 Å². The third-order valence-electron chi connectivity index (χ3n) is 6.32. The van der Waals surface area contributed by atoms with Gasteiger partial charge in [-0.05, 0) is 88.6 Å². The molecule has 8 nitrogen and oxygen atoms in total. The van der Waals surface area contributed by atoms with Crippen LogP contribution in [0.1, 0.15) is 50.4 Å². The van der Waals surface area contributed by atoms with Gasteiger partial charge in [0.15, 0.2) is 0 Å². The Kier molecular flexibility index (Phi) is 7.80. The fourth-order valence-corrected chi connectivity index (χ4v) is 4.42. The van der Waals surface area contributed by atoms with E-state index >= 15 is 0 Å². The van der Waals surface area contributed by atoms with E-state index in [9.17, 15) is 9.59 Å². The van der Waals surface area contributed by atoms with Crippen molar-refractivity contribution in [2.75, 3.05) is 11.5 Å². The van der Waals surface area contributed by atoms with Crippen molar-refractivity contribution < 1.29 is 14.3 Å². The summed E-state index contributed by atoms with van der Waals surface area (Å²) in [6.07, 6.45) is 0. The molecule has 0 saturated carbocycles. The lowest BCUT2D eigenvalue weighted by molar-refractivity contribution is -0.128. The number of hydrogen-bond donors (Lipinski definition) is 1. The van der Waals surface area contributed by atoms with E-state index in [-0.39, 0.29) is 18.4 Å². The molecule has 198 valence electrons. The SMILES string of the molecule is CCOc1ccc([C@H](C(=O)NC(C)(C)C)N(C(=O)Cn2nnc3ccccc32)c2cccc(C)c2C)cc1. The number of nitrogens with one attached hydrogen (secondary N) is 1. The van der Waals surface area contributed by atoms with Crippen molar-refractivity contribution in [3.8, 4) is 5.75 Å². The number of ether oxygens (including phenoxy) is 1. The number of anilines is 1. The lowest BCUT2D eigenvalue weighted by Gasteiger charge is -2.35. The Hall–Kier alpha value is -4.20. The Bertz CT molecular complexity index is 1440. The van der Waals surface area contributed by atoms with E-state index in [2.05, 4.69) is 15.6 Å². The summed E-state index contributed by atoms with van der Waals surface area (Å²) in [5.74, 6) is 0.140. The van der Waals surface area contributed by atoms with Crippen molar-refractivity contribution in [1.29, 1.82) is 0 Å². The van der Waals surface area contributed by atoms with E-state index in [4.69, 9.17) is 4.74 Å². The van der Waals surface area contributed by atoms with Gasteiger partial charge in [0, 0.05) is 11.2 Å². The second kappa shape index (κ2) is 11.0. The van der Waals surface area contributed by atoms with Crippen molar-refractivity contribution in [3.63, 3.8) is 0 Å². The number of rotatable bonds is 8. The summed E-state index contributed by atoms with van der Waals surface area (Å²) in [4.78, 5) is 29.7. The molecule has 1 atom stereocenters. The molecule has 4 rings (SSSR count). The predicted octanol–water partition coefficient (Wildman–Crippen LogP) is 5.14. The molecule has 38 heavy (non-hydrogen) atoms. The highest BCUT2D eigenvalue weighted by Gasteiger charge is 2.35. The summed E-state index contributed by atoms with van der Waals surface area (Å²) >= 11 is 0. The van der Waals surface area contributed by atoms with Crippen LogP contribution in [-0.4, -0.2) is 39.0 Å². The molecule has 0 bridgehead atoms. The maximum absolute atomic E-state index is 14.2. The minimum Gasteiger partial charge on any atom is -0.494 e. The molecule has 4 aromatic rings. The quantitative estimate of drug-likeness (QED) is 0.353. The van der Waals surface area contributed by atoms with Crippen LogP contribution in [-0.2, 0) is 16.1 Å². The Morgan fingerprint density at radius 1 is 1.00 bits per heavy atom. The van der Waals surface area contributed by atoms with Gasteiger partial charge in [-0.15, -0.1) is 5.10 Å². The van der Waals surface area contributed by atoms with Gasteiger partial charge >= 0.3 is 0 Å². The highest BCUT2D eigenvalue weighted by atomic mass is 16.5. The van der Waals surface area contributed by atoms with Crippen LogP contribution in [0.15, 0.2) is 66.7 Å². The first kappa shape index (κ1) is 26.9. The van der Waals surface area contributed by atoms with Crippen LogP contribution in [0.5, 0.6) is 5.75 Å². The number of aryl methyl sites for hydroxylation is 1. The minimum absolute atomic E-state index is 0.0791. The van der Waals surface area contributed by atoms with Crippen molar-refractivity contribution in [1.82, 2.24) is 20.3 Å². The summed E-state index contributed by atoms with van der Waals surface area (Å²) in [5, 5.41) is 11.5. The van der Waals surface area contributed by atoms with Crippen molar-refractivity contribution >= 4 is 28.5 Å². The van der Waals surface area contributed by atoms with Crippen LogP contribution in [0, 0.1) is 13.8 Å². The average Bonchev–Trinajstić information content (AvgIpc) is 3.27. The molecule has 2 amide bonds. The second-order valence-corrected chi connectivity index (χ2v) is 10.4. The third-order valence-corrected chi connectivity index (χ3v) is 6.32. The van der Waals surface area contributed by atoms with E-state index in [0.717, 1.165) is 16.6 Å². The summed E-state index contributed by atoms with van der Waals surface area (Å²) in [7, 11) is 0. The zero-order chi connectivity index (χ0) is 27.4. The van der Waals surface area contributed by atoms with Gasteiger partial charge in [0.05, 0.1) is 12.1 Å². The van der Waals surface area contributed by atoms with E-state index in [0.29, 0.717) is 29.1 Å². The number of benzene rings is 3. The summed E-state index contributed by atoms with van der Waals surface area (Å²) in [6.45, 7) is 12.1. The number of carbonyl (C=O) groups is 2. The monoisotopic (exact) mass is 513 g/mol. The molecule has 0 aliphatic rings. The molecule has 0 radical (unpaired) electrons. The molecule has 0 saturated heterocycles. The van der Waals surface area contributed by atoms with Gasteiger partial charge in [-0.25, -0.2) is 4.68 Å². The minimum atomic E-state index is -0.923. The van der Waals surface area contributed by atoms with Crippen LogP contribution in [0.25, 0.3) is 11.0 Å². The number of hydrogen-bond acceptors (Lipinski definition) is 5. The first-order valence-corrected chi connectivity index (χ1v) is 12.8. The Labute approximate surface area is 223 Å². The second-order valence-electron chi connectivity index (χ2n) is 10.4. The summed E-state index contributed by atoms with van der Waals surface area (Å²) in [5.41, 5.74) is 4.23. The van der Waals surface area contributed by atoms with Gasteiger partial charge in [-0.3, -0.25) is 14.5 Å². The number of aromatic nitrogens is 3. The van der Waals surface area contributed by atoms with Crippen molar-refractivity contribution in [2.24, 2.45) is 0 Å². The molecular weight excluding hydrogens is 478 g/mol. The van der Waals surface area contributed by atoms with E-state index in [1.165, 1.54) is 0 Å². The van der Waals surface area contributed by atoms with Gasteiger partial charge in [0.1, 0.15) is 23.9 Å². The van der Waals surface area contributed by atoms with Gasteiger partial charge in [0.2, 0.25) is 11.8 Å². The molecule has 0 spiro atoms. The number of para-hydroxylation sites is 1. The van der Waals surface area contributed by atoms with Crippen LogP contribution in [0.3, 0.4) is 0 Å². The van der Waals surface area contributed by atoms with Crippen LogP contribution in [0.4, 0.5) is 5.69 Å². The van der Waals surface area contributed by atoms with Gasteiger partial charge in [-0.2, -0.15) is 0 Å². The Morgan fingerprint density at radius 2 is 1.71 bits per heavy atom. The molecular formula is C30H35N5O3. The largest absolute Gasteiger partial charge is 0.494 e. The number of carbonyl (C=O) groups excluding carboxylic acids is 2. The lowest BCUT2D eigenvalue weighted by Crippen LogP contribution is -2.50. The first-order valence-electron chi connectivity index (χ1n) is 12.8. The molecule has 1 heterocycles. The summed E-state index contributed by atoms with van der Waals surface area (Å²) in [6, 6.07) is 19.7. The number of amides is 2. The zero-order valence-electron chi connectivity index (χ0n) is 22.9. The molecule has 0 aliphatic carbocycles. The smallest absolute Gasteiger partial charge is 0.249 e. The molecule has 3 aromatic carbocycles. The fraction of sp³-hybridized carbons (Fsp3) is 0.333. The van der Waals surface area contributed by atoms with Gasteiger partial charge in [-0.1, -0.05) is 41.6 Å². The molecule has 0 fully saturated rings. The standard InChI is InChI=1S/C30H35N5O3/c1-7-38-23-17-15-22(16-18-23)28(29(37)31-30(4,5)6)35(25-14-10-11-20(2)21(25)3)27(36)19-34-26-13-9-8-12-24(26)32-33-34/h8-18,28H,7,19H2,1-6H3,(H,31,37)/t28-/m1/s1. The van der Waals surface area contributed by atoms with E-state index in [1.54, 1.807) is 9.58 Å². The van der Waals surface area contributed by atoms with E-state index in [1.807, 2.05) is 108 Å². The number of nitrogens with zero attached hydrogens (tertiary/aromatic N) is 4.